The summed E-state index contributed by atoms with van der Waals surface area (Å²) in [6, 6.07) is 7.96. The highest BCUT2D eigenvalue weighted by Gasteiger charge is 2.16. The van der Waals surface area contributed by atoms with Crippen molar-refractivity contribution in [3.05, 3.63) is 51.1 Å². The first kappa shape index (κ1) is 14.1. The van der Waals surface area contributed by atoms with E-state index < -0.39 is 5.97 Å². The quantitative estimate of drug-likeness (QED) is 0.605. The predicted octanol–water partition coefficient (Wildman–Crippen LogP) is 4.50. The van der Waals surface area contributed by atoms with Gasteiger partial charge in [0.2, 0.25) is 0 Å². The Balaban J connectivity index is 2.65. The van der Waals surface area contributed by atoms with Crippen molar-refractivity contribution in [3.63, 3.8) is 0 Å². The molecule has 0 aliphatic heterocycles. The van der Waals surface area contributed by atoms with Gasteiger partial charge in [0.05, 0.1) is 18.4 Å². The van der Waals surface area contributed by atoms with Gasteiger partial charge in [0, 0.05) is 15.6 Å². The molecule has 0 saturated heterocycles. The van der Waals surface area contributed by atoms with Crippen molar-refractivity contribution in [1.29, 1.82) is 0 Å². The van der Waals surface area contributed by atoms with E-state index in [0.717, 1.165) is 0 Å². The number of nitrogens with zero attached hydrogens (tertiary/aromatic N) is 1. The molecule has 1 aromatic carbocycles. The fourth-order valence-electron chi connectivity index (χ4n) is 1.62. The van der Waals surface area contributed by atoms with Crippen LogP contribution >= 0.6 is 34.8 Å². The first-order valence-electron chi connectivity index (χ1n) is 5.22. The molecule has 0 spiro atoms. The molecule has 2 aromatic rings. The summed E-state index contributed by atoms with van der Waals surface area (Å²) < 4.78 is 4.71. The summed E-state index contributed by atoms with van der Waals surface area (Å²) in [7, 11) is 1.30. The number of rotatable bonds is 2. The molecule has 19 heavy (non-hydrogen) atoms. The van der Waals surface area contributed by atoms with Crippen LogP contribution in [0, 0.1) is 0 Å². The standard InChI is InChI=1S/C13H8Cl3NO2/c1-19-13(18)10-2-3-11(16)17-12(10)7-4-8(14)6-9(15)5-7/h2-6H,1H3. The fraction of sp³-hybridized carbons (Fsp3) is 0.0769. The number of methoxy groups -OCH3 is 1. The zero-order valence-electron chi connectivity index (χ0n) is 9.78. The largest absolute Gasteiger partial charge is 0.465 e. The number of benzene rings is 1. The van der Waals surface area contributed by atoms with E-state index in [1.165, 1.54) is 13.2 Å². The van der Waals surface area contributed by atoms with Crippen LogP contribution in [0.1, 0.15) is 10.4 Å². The molecule has 0 amide bonds. The van der Waals surface area contributed by atoms with Crippen LogP contribution in [0.15, 0.2) is 30.3 Å². The maximum absolute atomic E-state index is 11.7. The molecular weight excluding hydrogens is 309 g/mol. The molecule has 6 heteroatoms. The Labute approximate surface area is 125 Å². The van der Waals surface area contributed by atoms with Crippen molar-refractivity contribution in [2.24, 2.45) is 0 Å². The lowest BCUT2D eigenvalue weighted by Gasteiger charge is -2.08. The summed E-state index contributed by atoms with van der Waals surface area (Å²) in [4.78, 5) is 15.9. The smallest absolute Gasteiger partial charge is 0.340 e. The number of hydrogen-bond acceptors (Lipinski definition) is 3. The van der Waals surface area contributed by atoms with Gasteiger partial charge in [0.15, 0.2) is 0 Å². The van der Waals surface area contributed by atoms with Gasteiger partial charge in [0.1, 0.15) is 5.15 Å². The third-order valence-corrected chi connectivity index (χ3v) is 3.05. The first-order valence-corrected chi connectivity index (χ1v) is 6.36. The minimum atomic E-state index is -0.504. The van der Waals surface area contributed by atoms with Crippen LogP contribution in [-0.2, 0) is 4.74 Å². The number of halogens is 3. The van der Waals surface area contributed by atoms with Crippen molar-refractivity contribution in [1.82, 2.24) is 4.98 Å². The molecule has 0 saturated carbocycles. The minimum absolute atomic E-state index is 0.263. The van der Waals surface area contributed by atoms with Gasteiger partial charge in [-0.1, -0.05) is 34.8 Å². The van der Waals surface area contributed by atoms with E-state index in [1.54, 1.807) is 24.3 Å². The Morgan fingerprint density at radius 2 is 1.74 bits per heavy atom. The SMILES string of the molecule is COC(=O)c1ccc(Cl)nc1-c1cc(Cl)cc(Cl)c1. The van der Waals surface area contributed by atoms with E-state index in [2.05, 4.69) is 4.98 Å². The van der Waals surface area contributed by atoms with Gasteiger partial charge in [-0.25, -0.2) is 9.78 Å². The van der Waals surface area contributed by atoms with Crippen LogP contribution in [0.4, 0.5) is 0 Å². The second-order valence-electron chi connectivity index (χ2n) is 3.68. The first-order chi connectivity index (χ1) is 9.01. The van der Waals surface area contributed by atoms with Crippen LogP contribution in [0.5, 0.6) is 0 Å². The molecule has 0 bridgehead atoms. The van der Waals surface area contributed by atoms with Crippen molar-refractivity contribution in [2.45, 2.75) is 0 Å². The summed E-state index contributed by atoms with van der Waals surface area (Å²) in [6.07, 6.45) is 0. The number of hydrogen-bond donors (Lipinski definition) is 0. The lowest BCUT2D eigenvalue weighted by Crippen LogP contribution is -2.05. The molecule has 2 rings (SSSR count). The molecule has 3 nitrogen and oxygen atoms in total. The topological polar surface area (TPSA) is 39.2 Å². The number of carbonyl (C=O) groups excluding carboxylic acids is 1. The number of pyridine rings is 1. The van der Waals surface area contributed by atoms with Crippen LogP contribution in [-0.4, -0.2) is 18.1 Å². The van der Waals surface area contributed by atoms with E-state index in [1.807, 2.05) is 0 Å². The van der Waals surface area contributed by atoms with Gasteiger partial charge in [-0.15, -0.1) is 0 Å². The molecule has 0 radical (unpaired) electrons. The number of carbonyl (C=O) groups is 1. The number of aromatic nitrogens is 1. The maximum atomic E-state index is 11.7. The molecule has 0 unspecified atom stereocenters. The van der Waals surface area contributed by atoms with E-state index in [4.69, 9.17) is 39.5 Å². The monoisotopic (exact) mass is 315 g/mol. The molecular formula is C13H8Cl3NO2. The Morgan fingerprint density at radius 1 is 1.11 bits per heavy atom. The highest BCUT2D eigenvalue weighted by molar-refractivity contribution is 6.35. The minimum Gasteiger partial charge on any atom is -0.465 e. The zero-order chi connectivity index (χ0) is 14.0. The lowest BCUT2D eigenvalue weighted by molar-refractivity contribution is 0.0601. The molecule has 1 aromatic heterocycles. The maximum Gasteiger partial charge on any atom is 0.340 e. The van der Waals surface area contributed by atoms with Crippen molar-refractivity contribution in [2.75, 3.05) is 7.11 Å². The van der Waals surface area contributed by atoms with Gasteiger partial charge in [-0.05, 0) is 30.3 Å². The Kier molecular flexibility index (Phi) is 4.30. The molecule has 0 N–H and O–H groups in total. The fourth-order valence-corrected chi connectivity index (χ4v) is 2.29. The Hall–Kier alpha value is -1.29. The average Bonchev–Trinajstić information content (AvgIpc) is 2.36. The molecule has 0 atom stereocenters. The predicted molar refractivity (Wildman–Crippen MR) is 76.0 cm³/mol. The highest BCUT2D eigenvalue weighted by Crippen LogP contribution is 2.29. The molecule has 0 fully saturated rings. The lowest BCUT2D eigenvalue weighted by atomic mass is 10.1. The summed E-state index contributed by atoms with van der Waals surface area (Å²) in [6.45, 7) is 0. The zero-order valence-corrected chi connectivity index (χ0v) is 12.1. The van der Waals surface area contributed by atoms with Crippen LogP contribution in [0.3, 0.4) is 0 Å². The highest BCUT2D eigenvalue weighted by atomic mass is 35.5. The van der Waals surface area contributed by atoms with Gasteiger partial charge in [-0.3, -0.25) is 0 Å². The summed E-state index contributed by atoms with van der Waals surface area (Å²) in [5.41, 5.74) is 1.27. The van der Waals surface area contributed by atoms with Crippen LogP contribution in [0.2, 0.25) is 15.2 Å². The van der Waals surface area contributed by atoms with Crippen LogP contribution in [0.25, 0.3) is 11.3 Å². The van der Waals surface area contributed by atoms with E-state index in [-0.39, 0.29) is 5.15 Å². The average molecular weight is 317 g/mol. The third kappa shape index (κ3) is 3.18. The van der Waals surface area contributed by atoms with E-state index in [9.17, 15) is 4.79 Å². The second kappa shape index (κ2) is 5.78. The summed E-state index contributed by atoms with van der Waals surface area (Å²) >= 11 is 17.8. The normalized spacial score (nSPS) is 10.3. The van der Waals surface area contributed by atoms with Crippen molar-refractivity contribution < 1.29 is 9.53 Å². The molecule has 0 aliphatic rings. The van der Waals surface area contributed by atoms with E-state index in [0.29, 0.717) is 26.9 Å². The number of esters is 1. The molecule has 1 heterocycles. The molecule has 0 aliphatic carbocycles. The number of ether oxygens (including phenoxy) is 1. The van der Waals surface area contributed by atoms with Crippen molar-refractivity contribution >= 4 is 40.8 Å². The van der Waals surface area contributed by atoms with Gasteiger partial charge >= 0.3 is 5.97 Å². The van der Waals surface area contributed by atoms with E-state index >= 15 is 0 Å². The Bertz CT molecular complexity index is 624. The van der Waals surface area contributed by atoms with Gasteiger partial charge in [0.25, 0.3) is 0 Å². The second-order valence-corrected chi connectivity index (χ2v) is 4.94. The summed E-state index contributed by atoms with van der Waals surface area (Å²) in [5, 5.41) is 1.15. The third-order valence-electron chi connectivity index (χ3n) is 2.40. The van der Waals surface area contributed by atoms with Crippen LogP contribution < -0.4 is 0 Å². The van der Waals surface area contributed by atoms with Gasteiger partial charge in [-0.2, -0.15) is 0 Å². The van der Waals surface area contributed by atoms with Crippen molar-refractivity contribution in [3.8, 4) is 11.3 Å². The summed E-state index contributed by atoms with van der Waals surface area (Å²) in [5.74, 6) is -0.504. The van der Waals surface area contributed by atoms with Gasteiger partial charge < -0.3 is 4.74 Å². The Morgan fingerprint density at radius 3 is 2.32 bits per heavy atom. The molecule has 98 valence electrons.